The van der Waals surface area contributed by atoms with Crippen molar-refractivity contribution in [1.82, 2.24) is 0 Å². The van der Waals surface area contributed by atoms with E-state index >= 15 is 0 Å². The van der Waals surface area contributed by atoms with Crippen LogP contribution in [0.15, 0.2) is 18.2 Å². The van der Waals surface area contributed by atoms with E-state index in [0.29, 0.717) is 12.2 Å². The highest BCUT2D eigenvalue weighted by atomic mass is 16.5. The molecule has 1 aromatic rings. The Hall–Kier alpha value is -1.55. The summed E-state index contributed by atoms with van der Waals surface area (Å²) >= 11 is 0. The van der Waals surface area contributed by atoms with Gasteiger partial charge in [0.1, 0.15) is 6.10 Å². The molecule has 4 heteroatoms. The lowest BCUT2D eigenvalue weighted by Crippen LogP contribution is -2.22. The molecular weight excluding hydrogens is 268 g/mol. The van der Waals surface area contributed by atoms with Gasteiger partial charge in [0.25, 0.3) is 0 Å². The lowest BCUT2D eigenvalue weighted by molar-refractivity contribution is -0.127. The fourth-order valence-corrected chi connectivity index (χ4v) is 2.26. The fraction of sp³-hybridized carbons (Fsp3) is 0.588. The monoisotopic (exact) mass is 294 g/mol. The third-order valence-electron chi connectivity index (χ3n) is 3.57. The van der Waals surface area contributed by atoms with Gasteiger partial charge in [0.05, 0.1) is 7.11 Å². The van der Waals surface area contributed by atoms with Gasteiger partial charge in [-0.3, -0.25) is 4.79 Å². The van der Waals surface area contributed by atoms with Gasteiger partial charge in [-0.05, 0) is 24.1 Å². The normalized spacial score (nSPS) is 12.1. The maximum absolute atomic E-state index is 11.9. The van der Waals surface area contributed by atoms with Crippen molar-refractivity contribution in [3.8, 4) is 11.5 Å². The molecule has 0 saturated carbocycles. The summed E-state index contributed by atoms with van der Waals surface area (Å²) in [6, 6.07) is 4.85. The second kappa shape index (κ2) is 9.40. The second-order valence-electron chi connectivity index (χ2n) is 5.36. The van der Waals surface area contributed by atoms with E-state index in [9.17, 15) is 15.0 Å². The summed E-state index contributed by atoms with van der Waals surface area (Å²) < 4.78 is 5.01. The van der Waals surface area contributed by atoms with Crippen LogP contribution in [0.4, 0.5) is 0 Å². The number of Topliss-reactive ketones (excluding diaryl/α,β-unsaturated/α-hetero) is 1. The predicted octanol–water partition coefficient (Wildman–Crippen LogP) is 3.23. The zero-order valence-corrected chi connectivity index (χ0v) is 13.0. The molecule has 0 radical (unpaired) electrons. The van der Waals surface area contributed by atoms with Crippen molar-refractivity contribution < 1.29 is 19.7 Å². The Balaban J connectivity index is 2.41. The Kier molecular flexibility index (Phi) is 7.83. The molecule has 1 atom stereocenters. The minimum Gasteiger partial charge on any atom is -0.504 e. The van der Waals surface area contributed by atoms with Crippen LogP contribution in [0.3, 0.4) is 0 Å². The van der Waals surface area contributed by atoms with Gasteiger partial charge in [-0.25, -0.2) is 0 Å². The highest BCUT2D eigenvalue weighted by Crippen LogP contribution is 2.26. The molecule has 2 N–H and O–H groups in total. The van der Waals surface area contributed by atoms with Crippen molar-refractivity contribution in [2.45, 2.75) is 58.0 Å². The van der Waals surface area contributed by atoms with E-state index in [-0.39, 0.29) is 18.0 Å². The SMILES string of the molecule is CCCCCCCC(=O)C(O)Cc1ccc(O)c(OC)c1. The molecule has 0 fully saturated rings. The van der Waals surface area contributed by atoms with Crippen LogP contribution in [-0.2, 0) is 11.2 Å². The number of carbonyl (C=O) groups excluding carboxylic acids is 1. The predicted molar refractivity (Wildman–Crippen MR) is 82.8 cm³/mol. The minimum absolute atomic E-state index is 0.0537. The summed E-state index contributed by atoms with van der Waals surface area (Å²) in [5.74, 6) is 0.295. The first-order valence-electron chi connectivity index (χ1n) is 7.65. The number of unbranched alkanes of at least 4 members (excludes halogenated alkanes) is 4. The average Bonchev–Trinajstić information content (AvgIpc) is 2.48. The largest absolute Gasteiger partial charge is 0.504 e. The van der Waals surface area contributed by atoms with Crippen LogP contribution in [0, 0.1) is 0 Å². The van der Waals surface area contributed by atoms with E-state index in [1.54, 1.807) is 12.1 Å². The first kappa shape index (κ1) is 17.5. The van der Waals surface area contributed by atoms with Gasteiger partial charge in [0.15, 0.2) is 17.3 Å². The molecule has 0 aliphatic heterocycles. The van der Waals surface area contributed by atoms with Gasteiger partial charge in [-0.15, -0.1) is 0 Å². The van der Waals surface area contributed by atoms with Crippen molar-refractivity contribution in [2.24, 2.45) is 0 Å². The molecule has 21 heavy (non-hydrogen) atoms. The van der Waals surface area contributed by atoms with E-state index in [4.69, 9.17) is 4.74 Å². The minimum atomic E-state index is -0.981. The smallest absolute Gasteiger partial charge is 0.161 e. The maximum atomic E-state index is 11.9. The van der Waals surface area contributed by atoms with E-state index in [1.807, 2.05) is 0 Å². The van der Waals surface area contributed by atoms with Crippen molar-refractivity contribution >= 4 is 5.78 Å². The van der Waals surface area contributed by atoms with E-state index < -0.39 is 6.10 Å². The van der Waals surface area contributed by atoms with Crippen LogP contribution < -0.4 is 4.74 Å². The third kappa shape index (κ3) is 6.17. The standard InChI is InChI=1S/C17H26O4/c1-3-4-5-6-7-8-14(18)16(20)11-13-9-10-15(19)17(12-13)21-2/h9-10,12,16,19-20H,3-8,11H2,1-2H3. The first-order chi connectivity index (χ1) is 10.1. The lowest BCUT2D eigenvalue weighted by Gasteiger charge is -2.11. The summed E-state index contributed by atoms with van der Waals surface area (Å²) in [5, 5.41) is 19.5. The van der Waals surface area contributed by atoms with E-state index in [1.165, 1.54) is 26.0 Å². The number of benzene rings is 1. The van der Waals surface area contributed by atoms with E-state index in [0.717, 1.165) is 24.8 Å². The number of ether oxygens (including phenoxy) is 1. The zero-order chi connectivity index (χ0) is 15.7. The molecule has 0 spiro atoms. The molecule has 0 aliphatic carbocycles. The van der Waals surface area contributed by atoms with Gasteiger partial charge in [0, 0.05) is 12.8 Å². The molecule has 0 aliphatic rings. The molecule has 0 aromatic heterocycles. The van der Waals surface area contributed by atoms with Crippen LogP contribution in [0.1, 0.15) is 51.0 Å². The summed E-state index contributed by atoms with van der Waals surface area (Å²) in [7, 11) is 1.47. The quantitative estimate of drug-likeness (QED) is 0.650. The van der Waals surface area contributed by atoms with Gasteiger partial charge >= 0.3 is 0 Å². The van der Waals surface area contributed by atoms with Gasteiger partial charge in [0.2, 0.25) is 0 Å². The lowest BCUT2D eigenvalue weighted by atomic mass is 10.0. The van der Waals surface area contributed by atoms with Crippen molar-refractivity contribution in [3.63, 3.8) is 0 Å². The second-order valence-corrected chi connectivity index (χ2v) is 5.36. The number of carbonyl (C=O) groups is 1. The summed E-state index contributed by atoms with van der Waals surface area (Å²) in [5.41, 5.74) is 0.775. The molecule has 0 bridgehead atoms. The number of aromatic hydroxyl groups is 1. The summed E-state index contributed by atoms with van der Waals surface area (Å²) in [4.78, 5) is 11.9. The number of aliphatic hydroxyl groups excluding tert-OH is 1. The van der Waals surface area contributed by atoms with Crippen LogP contribution >= 0.6 is 0 Å². The molecule has 118 valence electrons. The maximum Gasteiger partial charge on any atom is 0.161 e. The molecule has 4 nitrogen and oxygen atoms in total. The fourth-order valence-electron chi connectivity index (χ4n) is 2.26. The molecule has 1 aromatic carbocycles. The highest BCUT2D eigenvalue weighted by Gasteiger charge is 2.16. The number of rotatable bonds is 10. The van der Waals surface area contributed by atoms with Gasteiger partial charge in [-0.2, -0.15) is 0 Å². The number of ketones is 1. The summed E-state index contributed by atoms with van der Waals surface area (Å²) in [6.07, 6.45) is 5.11. The topological polar surface area (TPSA) is 66.8 Å². The number of phenols is 1. The number of phenolic OH excluding ortho intramolecular Hbond substituents is 1. The Morgan fingerprint density at radius 1 is 1.24 bits per heavy atom. The Bertz CT molecular complexity index is 442. The van der Waals surface area contributed by atoms with Crippen LogP contribution in [0.2, 0.25) is 0 Å². The van der Waals surface area contributed by atoms with Crippen molar-refractivity contribution in [1.29, 1.82) is 0 Å². The number of hydrogen-bond donors (Lipinski definition) is 2. The molecule has 1 unspecified atom stereocenters. The Labute approximate surface area is 126 Å². The molecule has 0 heterocycles. The Morgan fingerprint density at radius 2 is 1.95 bits per heavy atom. The average molecular weight is 294 g/mol. The number of methoxy groups -OCH3 is 1. The van der Waals surface area contributed by atoms with Gasteiger partial charge < -0.3 is 14.9 Å². The van der Waals surface area contributed by atoms with E-state index in [2.05, 4.69) is 6.92 Å². The van der Waals surface area contributed by atoms with Gasteiger partial charge in [-0.1, -0.05) is 38.7 Å². The Morgan fingerprint density at radius 3 is 2.62 bits per heavy atom. The molecule has 0 amide bonds. The molecule has 0 saturated heterocycles. The molecular formula is C17H26O4. The van der Waals surface area contributed by atoms with Crippen molar-refractivity contribution in [2.75, 3.05) is 7.11 Å². The molecule has 1 rings (SSSR count). The van der Waals surface area contributed by atoms with Crippen LogP contribution in [0.5, 0.6) is 11.5 Å². The van der Waals surface area contributed by atoms with Crippen molar-refractivity contribution in [3.05, 3.63) is 23.8 Å². The van der Waals surface area contributed by atoms with Crippen LogP contribution in [-0.4, -0.2) is 29.2 Å². The third-order valence-corrected chi connectivity index (χ3v) is 3.57. The zero-order valence-electron chi connectivity index (χ0n) is 13.0. The summed E-state index contributed by atoms with van der Waals surface area (Å²) in [6.45, 7) is 2.15. The first-order valence-corrected chi connectivity index (χ1v) is 7.65. The number of aliphatic hydroxyl groups is 1. The number of hydrogen-bond acceptors (Lipinski definition) is 4. The van der Waals surface area contributed by atoms with Crippen LogP contribution in [0.25, 0.3) is 0 Å². The highest BCUT2D eigenvalue weighted by molar-refractivity contribution is 5.83.